The minimum Gasteiger partial charge on any atom is -0.507 e. The zero-order valence-electron chi connectivity index (χ0n) is 17.6. The van der Waals surface area contributed by atoms with E-state index in [9.17, 15) is 19.1 Å². The third-order valence-electron chi connectivity index (χ3n) is 5.81. The molecule has 3 aromatic carbocycles. The van der Waals surface area contributed by atoms with Crippen LogP contribution in [-0.4, -0.2) is 28.9 Å². The summed E-state index contributed by atoms with van der Waals surface area (Å²) in [7, 11) is 1.53. The first-order valence-corrected chi connectivity index (χ1v) is 10.3. The van der Waals surface area contributed by atoms with Crippen molar-refractivity contribution in [1.29, 1.82) is 0 Å². The van der Waals surface area contributed by atoms with E-state index in [0.29, 0.717) is 22.3 Å². The summed E-state index contributed by atoms with van der Waals surface area (Å²) in [6.45, 7) is 0. The Morgan fingerprint density at radius 1 is 1.03 bits per heavy atom. The lowest BCUT2D eigenvalue weighted by atomic mass is 9.95. The van der Waals surface area contributed by atoms with Crippen LogP contribution in [0.4, 0.5) is 10.1 Å². The first-order chi connectivity index (χ1) is 16.0. The van der Waals surface area contributed by atoms with E-state index < -0.39 is 23.5 Å². The predicted molar refractivity (Wildman–Crippen MR) is 122 cm³/mol. The van der Waals surface area contributed by atoms with Gasteiger partial charge in [0.15, 0.2) is 0 Å². The van der Waals surface area contributed by atoms with Crippen molar-refractivity contribution >= 4 is 34.0 Å². The maximum absolute atomic E-state index is 14.0. The summed E-state index contributed by atoms with van der Waals surface area (Å²) in [5.41, 5.74) is 1.90. The van der Waals surface area contributed by atoms with Crippen molar-refractivity contribution in [2.24, 2.45) is 0 Å². The predicted octanol–water partition coefficient (Wildman–Crippen LogP) is 4.94. The smallest absolute Gasteiger partial charge is 0.300 e. The number of H-pyrrole nitrogens is 1. The summed E-state index contributed by atoms with van der Waals surface area (Å²) in [4.78, 5) is 30.6. The molecule has 164 valence electrons. The third-order valence-corrected chi connectivity index (χ3v) is 5.81. The molecule has 2 heterocycles. The Morgan fingerprint density at radius 3 is 2.52 bits per heavy atom. The summed E-state index contributed by atoms with van der Waals surface area (Å²) in [6, 6.07) is 18.7. The largest absolute Gasteiger partial charge is 0.507 e. The van der Waals surface area contributed by atoms with Crippen molar-refractivity contribution in [1.82, 2.24) is 4.98 Å². The number of aliphatic hydroxyl groups excluding tert-OH is 1. The Labute approximate surface area is 188 Å². The van der Waals surface area contributed by atoms with Gasteiger partial charge in [0, 0.05) is 28.4 Å². The van der Waals surface area contributed by atoms with Crippen molar-refractivity contribution in [3.63, 3.8) is 0 Å². The lowest BCUT2D eigenvalue weighted by molar-refractivity contribution is -0.132. The number of methoxy groups -OCH3 is 1. The van der Waals surface area contributed by atoms with Gasteiger partial charge >= 0.3 is 0 Å². The molecule has 33 heavy (non-hydrogen) atoms. The molecule has 7 heteroatoms. The number of nitrogens with one attached hydrogen (secondary N) is 1. The minimum atomic E-state index is -0.952. The van der Waals surface area contributed by atoms with Crippen LogP contribution in [0.1, 0.15) is 17.2 Å². The number of hydrogen-bond donors (Lipinski definition) is 2. The van der Waals surface area contributed by atoms with Gasteiger partial charge in [-0.1, -0.05) is 36.4 Å². The molecule has 1 aliphatic rings. The van der Waals surface area contributed by atoms with Gasteiger partial charge in [-0.2, -0.15) is 0 Å². The number of halogens is 1. The van der Waals surface area contributed by atoms with E-state index in [-0.39, 0.29) is 17.0 Å². The molecule has 0 saturated carbocycles. The molecule has 1 aromatic heterocycles. The number of hydrogen-bond acceptors (Lipinski definition) is 4. The molecule has 6 nitrogen and oxygen atoms in total. The zero-order valence-corrected chi connectivity index (χ0v) is 17.6. The van der Waals surface area contributed by atoms with E-state index in [0.717, 1.165) is 5.52 Å². The summed E-state index contributed by atoms with van der Waals surface area (Å²) < 4.78 is 19.2. The second-order valence-electron chi connectivity index (χ2n) is 7.67. The lowest BCUT2D eigenvalue weighted by Gasteiger charge is -2.25. The first kappa shape index (κ1) is 20.5. The number of para-hydroxylation sites is 1. The van der Waals surface area contributed by atoms with Gasteiger partial charge in [-0.25, -0.2) is 4.39 Å². The van der Waals surface area contributed by atoms with Crippen LogP contribution < -0.4 is 9.64 Å². The van der Waals surface area contributed by atoms with Crippen LogP contribution in [0.3, 0.4) is 0 Å². The molecule has 1 fully saturated rings. The summed E-state index contributed by atoms with van der Waals surface area (Å²) in [5, 5.41) is 12.0. The molecule has 4 aromatic rings. The third kappa shape index (κ3) is 3.34. The molecule has 0 spiro atoms. The van der Waals surface area contributed by atoms with E-state index >= 15 is 0 Å². The topological polar surface area (TPSA) is 82.6 Å². The van der Waals surface area contributed by atoms with Crippen LogP contribution in [0, 0.1) is 5.82 Å². The molecule has 2 N–H and O–H groups in total. The molecule has 5 rings (SSSR count). The van der Waals surface area contributed by atoms with E-state index in [4.69, 9.17) is 4.74 Å². The van der Waals surface area contributed by atoms with Crippen molar-refractivity contribution < 1.29 is 23.8 Å². The van der Waals surface area contributed by atoms with Crippen molar-refractivity contribution in [2.45, 2.75) is 6.04 Å². The van der Waals surface area contributed by atoms with Crippen LogP contribution in [0.25, 0.3) is 16.7 Å². The normalized spacial score (nSPS) is 17.6. The average molecular weight is 442 g/mol. The fourth-order valence-electron chi connectivity index (χ4n) is 4.24. The van der Waals surface area contributed by atoms with Crippen LogP contribution in [0.2, 0.25) is 0 Å². The van der Waals surface area contributed by atoms with Crippen molar-refractivity contribution in [2.75, 3.05) is 12.0 Å². The molecule has 1 aliphatic heterocycles. The molecule has 1 atom stereocenters. The summed E-state index contributed by atoms with van der Waals surface area (Å²) in [5.74, 6) is -1.94. The van der Waals surface area contributed by atoms with E-state index in [1.165, 1.54) is 30.2 Å². The number of aromatic amines is 1. The van der Waals surface area contributed by atoms with Crippen LogP contribution in [0.15, 0.2) is 84.6 Å². The Balaban J connectivity index is 1.75. The number of amides is 1. The molecule has 0 bridgehead atoms. The molecule has 1 amide bonds. The second-order valence-corrected chi connectivity index (χ2v) is 7.67. The highest BCUT2D eigenvalue weighted by Gasteiger charge is 2.47. The number of fused-ring (bicyclic) bond motifs is 1. The second kappa shape index (κ2) is 7.94. The highest BCUT2D eigenvalue weighted by molar-refractivity contribution is 6.51. The Hall–Kier alpha value is -4.39. The van der Waals surface area contributed by atoms with Crippen molar-refractivity contribution in [3.8, 4) is 5.75 Å². The highest BCUT2D eigenvalue weighted by atomic mass is 19.1. The Bertz CT molecular complexity index is 1420. The van der Waals surface area contributed by atoms with E-state index in [1.54, 1.807) is 36.5 Å². The number of Topliss-reactive ketones (excluding diaryl/α,β-unsaturated/α-hetero) is 1. The average Bonchev–Trinajstić information content (AvgIpc) is 3.38. The van der Waals surface area contributed by atoms with Crippen LogP contribution >= 0.6 is 0 Å². The molecule has 1 saturated heterocycles. The van der Waals surface area contributed by atoms with Gasteiger partial charge in [0.25, 0.3) is 11.7 Å². The fourth-order valence-corrected chi connectivity index (χ4v) is 4.24. The number of rotatable bonds is 4. The number of carbonyl (C=O) groups is 2. The minimum absolute atomic E-state index is 0.0702. The van der Waals surface area contributed by atoms with Gasteiger partial charge in [0.05, 0.1) is 18.7 Å². The summed E-state index contributed by atoms with van der Waals surface area (Å²) in [6.07, 6.45) is 1.60. The fraction of sp³-hybridized carbons (Fsp3) is 0.0769. The number of ketones is 1. The van der Waals surface area contributed by atoms with Gasteiger partial charge in [-0.05, 0) is 42.0 Å². The number of aromatic nitrogens is 1. The van der Waals surface area contributed by atoms with E-state index in [2.05, 4.69) is 4.98 Å². The van der Waals surface area contributed by atoms with Crippen LogP contribution in [-0.2, 0) is 9.59 Å². The SMILES string of the molecule is COc1ccc(C2/C(=C(/O)c3c[nH]c4ccccc34)C(=O)C(=O)N2c2cccc(F)c2)cc1. The van der Waals surface area contributed by atoms with Gasteiger partial charge in [-0.3, -0.25) is 14.5 Å². The van der Waals surface area contributed by atoms with Gasteiger partial charge in [0.1, 0.15) is 17.3 Å². The van der Waals surface area contributed by atoms with Gasteiger partial charge in [0.2, 0.25) is 0 Å². The quantitative estimate of drug-likeness (QED) is 0.266. The standard InChI is InChI=1S/C26H19FN2O4/c1-33-18-11-9-15(10-12-18)23-22(24(30)20-14-28-21-8-3-2-7-19(20)21)25(31)26(32)29(23)17-6-4-5-16(27)13-17/h2-14,23,28,30H,1H3/b24-22-. The van der Waals surface area contributed by atoms with Gasteiger partial charge in [-0.15, -0.1) is 0 Å². The lowest BCUT2D eigenvalue weighted by Crippen LogP contribution is -2.29. The molecule has 0 radical (unpaired) electrons. The number of aliphatic hydroxyl groups is 1. The van der Waals surface area contributed by atoms with Crippen LogP contribution in [0.5, 0.6) is 5.75 Å². The van der Waals surface area contributed by atoms with Gasteiger partial charge < -0.3 is 14.8 Å². The number of carbonyl (C=O) groups excluding carboxylic acids is 2. The Morgan fingerprint density at radius 2 is 1.79 bits per heavy atom. The number of ether oxygens (including phenoxy) is 1. The molecular weight excluding hydrogens is 423 g/mol. The number of nitrogens with zero attached hydrogens (tertiary/aromatic N) is 1. The number of anilines is 1. The molecule has 0 aliphatic carbocycles. The molecule has 1 unspecified atom stereocenters. The number of benzene rings is 3. The highest BCUT2D eigenvalue weighted by Crippen LogP contribution is 2.43. The monoisotopic (exact) mass is 442 g/mol. The maximum atomic E-state index is 14.0. The first-order valence-electron chi connectivity index (χ1n) is 10.3. The van der Waals surface area contributed by atoms with E-state index in [1.807, 2.05) is 24.3 Å². The molecular formula is C26H19FN2O4. The summed E-state index contributed by atoms with van der Waals surface area (Å²) >= 11 is 0. The maximum Gasteiger partial charge on any atom is 0.300 e. The Kier molecular flexibility index (Phi) is 4.94. The van der Waals surface area contributed by atoms with Crippen molar-refractivity contribution in [3.05, 3.63) is 102 Å². The zero-order chi connectivity index (χ0) is 23.1.